The van der Waals surface area contributed by atoms with Crippen molar-refractivity contribution in [3.05, 3.63) is 35.3 Å². The van der Waals surface area contributed by atoms with Crippen molar-refractivity contribution < 1.29 is 43.6 Å². The fraction of sp³-hybridized carbons (Fsp3) is 0.667. The molecule has 2 bridgehead atoms. The lowest BCUT2D eigenvalue weighted by Crippen LogP contribution is -2.76. The first-order valence-electron chi connectivity index (χ1n) is 12.4. The largest absolute Gasteiger partial charge is 0.472 e. The van der Waals surface area contributed by atoms with Crippen LogP contribution in [0.5, 0.6) is 0 Å². The number of esters is 2. The van der Waals surface area contributed by atoms with E-state index in [1.165, 1.54) is 6.26 Å². The first-order chi connectivity index (χ1) is 16.7. The molecule has 9 heteroatoms. The SMILES string of the molecule is COC(=O)[C@H](O)[C@H]1C(C)(C)[C@H](O)[C@]2(O)CC3=C4CC(=O)O[C@@H](c5ccoc5)[C@]4(C)CC[C@@H]3[C@@]1(C)C2=O. The van der Waals surface area contributed by atoms with Gasteiger partial charge in [-0.2, -0.15) is 0 Å². The molecule has 3 N–H and O–H groups in total. The van der Waals surface area contributed by atoms with Crippen LogP contribution in [-0.4, -0.2) is 58.0 Å². The maximum atomic E-state index is 14.0. The second-order valence-electron chi connectivity index (χ2n) is 12.0. The van der Waals surface area contributed by atoms with Gasteiger partial charge in [0.1, 0.15) is 6.10 Å². The number of hydrogen-bond donors (Lipinski definition) is 3. The van der Waals surface area contributed by atoms with Gasteiger partial charge in [-0.15, -0.1) is 0 Å². The number of fused-ring (bicyclic) bond motifs is 5. The molecule has 196 valence electrons. The zero-order chi connectivity index (χ0) is 26.4. The predicted octanol–water partition coefficient (Wildman–Crippen LogP) is 2.24. The van der Waals surface area contributed by atoms with Gasteiger partial charge in [0.05, 0.1) is 32.2 Å². The van der Waals surface area contributed by atoms with Gasteiger partial charge >= 0.3 is 11.9 Å². The lowest BCUT2D eigenvalue weighted by molar-refractivity contribution is -0.239. The second-order valence-corrected chi connectivity index (χ2v) is 12.0. The van der Waals surface area contributed by atoms with Crippen molar-refractivity contribution in [2.45, 2.75) is 77.3 Å². The number of carbonyl (C=O) groups excluding carboxylic acids is 3. The van der Waals surface area contributed by atoms with Crippen LogP contribution in [0, 0.1) is 28.1 Å². The summed E-state index contributed by atoms with van der Waals surface area (Å²) in [5, 5.41) is 34.3. The maximum Gasteiger partial charge on any atom is 0.335 e. The lowest BCUT2D eigenvalue weighted by atomic mass is 9.39. The third-order valence-corrected chi connectivity index (χ3v) is 9.87. The predicted molar refractivity (Wildman–Crippen MR) is 124 cm³/mol. The second kappa shape index (κ2) is 7.76. The van der Waals surface area contributed by atoms with E-state index in [0.717, 1.165) is 23.8 Å². The minimum absolute atomic E-state index is 0.000739. The van der Waals surface area contributed by atoms with Crippen LogP contribution in [-0.2, 0) is 23.9 Å². The number of aliphatic hydroxyl groups excluding tert-OH is 2. The Morgan fingerprint density at radius 3 is 2.53 bits per heavy atom. The Labute approximate surface area is 209 Å². The Balaban J connectivity index is 1.73. The van der Waals surface area contributed by atoms with Crippen LogP contribution in [0.2, 0.25) is 0 Å². The molecule has 0 unspecified atom stereocenters. The normalized spacial score (nSPS) is 42.2. The fourth-order valence-corrected chi connectivity index (χ4v) is 8.27. The van der Waals surface area contributed by atoms with Crippen molar-refractivity contribution in [2.75, 3.05) is 7.11 Å². The summed E-state index contributed by atoms with van der Waals surface area (Å²) in [5.41, 5.74) is -3.09. The smallest absolute Gasteiger partial charge is 0.335 e. The van der Waals surface area contributed by atoms with Gasteiger partial charge in [0, 0.05) is 34.1 Å². The summed E-state index contributed by atoms with van der Waals surface area (Å²) in [6.07, 6.45) is 0.188. The van der Waals surface area contributed by atoms with Gasteiger partial charge in [0.25, 0.3) is 0 Å². The Kier molecular flexibility index (Phi) is 5.42. The third kappa shape index (κ3) is 2.96. The van der Waals surface area contributed by atoms with Crippen LogP contribution in [0.4, 0.5) is 0 Å². The van der Waals surface area contributed by atoms with Gasteiger partial charge in [0.2, 0.25) is 0 Å². The summed E-state index contributed by atoms with van der Waals surface area (Å²) in [6.45, 7) is 6.99. The van der Waals surface area contributed by atoms with E-state index in [-0.39, 0.29) is 12.8 Å². The van der Waals surface area contributed by atoms with E-state index >= 15 is 0 Å². The van der Waals surface area contributed by atoms with E-state index in [2.05, 4.69) is 0 Å². The monoisotopic (exact) mass is 502 g/mol. The average Bonchev–Trinajstić information content (AvgIpc) is 3.35. The number of carbonyl (C=O) groups is 3. The summed E-state index contributed by atoms with van der Waals surface area (Å²) in [7, 11) is 1.16. The molecule has 36 heavy (non-hydrogen) atoms. The average molecular weight is 503 g/mol. The molecule has 2 heterocycles. The van der Waals surface area contributed by atoms with Crippen LogP contribution < -0.4 is 0 Å². The number of Topliss-reactive ketones (excluding diaryl/α,β-unsaturated/α-hetero) is 1. The van der Waals surface area contributed by atoms with Crippen molar-refractivity contribution in [3.8, 4) is 0 Å². The highest BCUT2D eigenvalue weighted by atomic mass is 16.5. The molecule has 0 amide bonds. The quantitative estimate of drug-likeness (QED) is 0.419. The zero-order valence-electron chi connectivity index (χ0n) is 21.2. The molecule has 1 aromatic rings. The maximum absolute atomic E-state index is 14.0. The number of ketones is 1. The first kappa shape index (κ1) is 25.2. The molecule has 0 spiro atoms. The summed E-state index contributed by atoms with van der Waals surface area (Å²) < 4.78 is 15.9. The van der Waals surface area contributed by atoms with Gasteiger partial charge < -0.3 is 29.2 Å². The van der Waals surface area contributed by atoms with Crippen LogP contribution in [0.3, 0.4) is 0 Å². The Hall–Kier alpha value is -2.49. The molecule has 5 rings (SSSR count). The number of rotatable bonds is 3. The molecule has 0 aromatic carbocycles. The van der Waals surface area contributed by atoms with Gasteiger partial charge in [-0.1, -0.05) is 33.3 Å². The van der Waals surface area contributed by atoms with E-state index in [0.29, 0.717) is 12.8 Å². The number of hydrogen-bond acceptors (Lipinski definition) is 9. The summed E-state index contributed by atoms with van der Waals surface area (Å²) >= 11 is 0. The number of cyclic esters (lactones) is 1. The number of aliphatic hydroxyl groups is 3. The minimum atomic E-state index is -2.13. The van der Waals surface area contributed by atoms with Gasteiger partial charge in [-0.05, 0) is 30.4 Å². The Bertz CT molecular complexity index is 1150. The molecule has 1 saturated heterocycles. The van der Waals surface area contributed by atoms with Crippen molar-refractivity contribution in [2.24, 2.45) is 28.1 Å². The van der Waals surface area contributed by atoms with Crippen LogP contribution >= 0.6 is 0 Å². The topological polar surface area (TPSA) is 144 Å². The van der Waals surface area contributed by atoms with E-state index < -0.39 is 69.7 Å². The first-order valence-corrected chi connectivity index (χ1v) is 12.4. The number of ether oxygens (including phenoxy) is 2. The van der Waals surface area contributed by atoms with E-state index in [1.807, 2.05) is 6.92 Å². The highest BCUT2D eigenvalue weighted by molar-refractivity contribution is 5.98. The van der Waals surface area contributed by atoms with Crippen LogP contribution in [0.15, 0.2) is 34.2 Å². The molecule has 4 aliphatic rings. The van der Waals surface area contributed by atoms with E-state index in [9.17, 15) is 29.7 Å². The zero-order valence-corrected chi connectivity index (χ0v) is 21.2. The highest BCUT2D eigenvalue weighted by Gasteiger charge is 2.74. The van der Waals surface area contributed by atoms with E-state index in [4.69, 9.17) is 13.9 Å². The molecular formula is C27H34O9. The van der Waals surface area contributed by atoms with Gasteiger partial charge in [-0.3, -0.25) is 9.59 Å². The van der Waals surface area contributed by atoms with Crippen LogP contribution in [0.25, 0.3) is 0 Å². The molecule has 1 aliphatic heterocycles. The summed E-state index contributed by atoms with van der Waals surface area (Å²) in [5.74, 6) is -3.39. The lowest BCUT2D eigenvalue weighted by Gasteiger charge is -2.65. The number of furan rings is 1. The Morgan fingerprint density at radius 2 is 1.92 bits per heavy atom. The van der Waals surface area contributed by atoms with Crippen molar-refractivity contribution in [3.63, 3.8) is 0 Å². The van der Waals surface area contributed by atoms with Gasteiger partial charge in [-0.25, -0.2) is 4.79 Å². The molecule has 8 atom stereocenters. The summed E-state index contributed by atoms with van der Waals surface area (Å²) in [6, 6.07) is 1.76. The molecule has 3 aliphatic carbocycles. The standard InChI is InChI=1S/C27H34O9/c1-24(2)19(18(29)21(30)34-5)26(4)15-6-8-25(3)16(14(15)11-27(33,22(24)31)23(26)32)10-17(28)36-20(25)13-7-9-35-12-13/h7,9,12,15,18-20,22,29,31,33H,6,8,10-11H2,1-5H3/t15-,18+,19-,20-,22-,25+,26+,27+/m0/s1. The molecule has 1 aromatic heterocycles. The fourth-order valence-electron chi connectivity index (χ4n) is 8.27. The Morgan fingerprint density at radius 1 is 1.22 bits per heavy atom. The van der Waals surface area contributed by atoms with E-state index in [1.54, 1.807) is 33.1 Å². The summed E-state index contributed by atoms with van der Waals surface area (Å²) in [4.78, 5) is 39.3. The highest BCUT2D eigenvalue weighted by Crippen LogP contribution is 2.68. The molecule has 3 fully saturated rings. The molecular weight excluding hydrogens is 468 g/mol. The van der Waals surface area contributed by atoms with Crippen molar-refractivity contribution in [1.29, 1.82) is 0 Å². The minimum Gasteiger partial charge on any atom is -0.472 e. The van der Waals surface area contributed by atoms with Crippen molar-refractivity contribution in [1.82, 2.24) is 0 Å². The third-order valence-electron chi connectivity index (χ3n) is 9.87. The molecule has 0 radical (unpaired) electrons. The molecule has 2 saturated carbocycles. The van der Waals surface area contributed by atoms with Gasteiger partial charge in [0.15, 0.2) is 17.5 Å². The van der Waals surface area contributed by atoms with Crippen LogP contribution in [0.1, 0.15) is 65.0 Å². The number of methoxy groups -OCH3 is 1. The molecule has 9 nitrogen and oxygen atoms in total. The van der Waals surface area contributed by atoms with Crippen molar-refractivity contribution >= 4 is 17.7 Å².